The molecule has 0 aliphatic carbocycles. The van der Waals surface area contributed by atoms with Gasteiger partial charge in [-0.1, -0.05) is 37.3 Å². The highest BCUT2D eigenvalue weighted by Crippen LogP contribution is 2.33. The van der Waals surface area contributed by atoms with Crippen molar-refractivity contribution in [1.29, 1.82) is 0 Å². The molecular weight excluding hydrogens is 176 g/mol. The summed E-state index contributed by atoms with van der Waals surface area (Å²) in [6.45, 7) is 2.65. The van der Waals surface area contributed by atoms with Crippen LogP contribution in [0.2, 0.25) is 0 Å². The van der Waals surface area contributed by atoms with Crippen LogP contribution in [0.3, 0.4) is 0 Å². The monoisotopic (exact) mass is 190 g/mol. The fourth-order valence-corrected chi connectivity index (χ4v) is 1.75. The third-order valence-corrected chi connectivity index (χ3v) is 2.68. The zero-order valence-electron chi connectivity index (χ0n) is 8.23. The van der Waals surface area contributed by atoms with E-state index < -0.39 is 0 Å². The number of hydrogen-bond acceptors (Lipinski definition) is 3. The maximum absolute atomic E-state index is 5.55. The number of rotatable bonds is 2. The molecule has 0 saturated heterocycles. The molecule has 0 radical (unpaired) electrons. The van der Waals surface area contributed by atoms with Gasteiger partial charge in [0.1, 0.15) is 12.1 Å². The molecule has 0 fully saturated rings. The first-order chi connectivity index (χ1) is 6.77. The lowest BCUT2D eigenvalue weighted by molar-refractivity contribution is 0.249. The number of benzene rings is 1. The van der Waals surface area contributed by atoms with Gasteiger partial charge in [0.25, 0.3) is 6.02 Å². The van der Waals surface area contributed by atoms with Gasteiger partial charge in [0, 0.05) is 0 Å². The van der Waals surface area contributed by atoms with Crippen molar-refractivity contribution in [3.05, 3.63) is 35.9 Å². The van der Waals surface area contributed by atoms with Gasteiger partial charge in [-0.25, -0.2) is 4.99 Å². The standard InChI is InChI=1S/C11H14N2O/c1-2-11(8-14-10(12)13-11)9-6-4-3-5-7-9/h3-7H,2,8H2,1H3,(H2,12,13)/t11-/m1/s1. The van der Waals surface area contributed by atoms with Gasteiger partial charge in [-0.05, 0) is 12.0 Å². The SMILES string of the molecule is CC[C@]1(c2ccccc2)COC(N)=N1. The van der Waals surface area contributed by atoms with E-state index in [2.05, 4.69) is 24.0 Å². The Hall–Kier alpha value is -1.51. The fourth-order valence-electron chi connectivity index (χ4n) is 1.75. The molecule has 1 atom stereocenters. The van der Waals surface area contributed by atoms with Crippen molar-refractivity contribution in [2.45, 2.75) is 18.9 Å². The second-order valence-corrected chi connectivity index (χ2v) is 3.49. The number of ether oxygens (including phenoxy) is 1. The van der Waals surface area contributed by atoms with Crippen molar-refractivity contribution >= 4 is 6.02 Å². The van der Waals surface area contributed by atoms with Crippen LogP contribution in [0.25, 0.3) is 0 Å². The minimum atomic E-state index is -0.259. The highest BCUT2D eigenvalue weighted by Gasteiger charge is 2.35. The lowest BCUT2D eigenvalue weighted by Crippen LogP contribution is -2.24. The van der Waals surface area contributed by atoms with Crippen molar-refractivity contribution in [2.75, 3.05) is 6.61 Å². The molecule has 0 unspecified atom stereocenters. The largest absolute Gasteiger partial charge is 0.462 e. The first-order valence-corrected chi connectivity index (χ1v) is 4.80. The summed E-state index contributed by atoms with van der Waals surface area (Å²) < 4.78 is 5.24. The predicted octanol–water partition coefficient (Wildman–Crippen LogP) is 1.64. The molecule has 14 heavy (non-hydrogen) atoms. The van der Waals surface area contributed by atoms with Crippen LogP contribution in [0.5, 0.6) is 0 Å². The molecule has 74 valence electrons. The second-order valence-electron chi connectivity index (χ2n) is 3.49. The van der Waals surface area contributed by atoms with Crippen molar-refractivity contribution in [1.82, 2.24) is 0 Å². The second kappa shape index (κ2) is 3.33. The molecule has 1 aliphatic rings. The Labute approximate surface area is 83.6 Å². The normalized spacial score (nSPS) is 25.6. The Kier molecular flexibility index (Phi) is 2.15. The summed E-state index contributed by atoms with van der Waals surface area (Å²) in [6, 6.07) is 10.4. The minimum absolute atomic E-state index is 0.259. The maximum Gasteiger partial charge on any atom is 0.283 e. The Morgan fingerprint density at radius 1 is 1.43 bits per heavy atom. The van der Waals surface area contributed by atoms with Crippen LogP contribution in [0.4, 0.5) is 0 Å². The van der Waals surface area contributed by atoms with E-state index in [0.717, 1.165) is 6.42 Å². The van der Waals surface area contributed by atoms with Gasteiger partial charge in [0.15, 0.2) is 0 Å². The first kappa shape index (κ1) is 9.06. The van der Waals surface area contributed by atoms with Crippen LogP contribution in [0, 0.1) is 0 Å². The van der Waals surface area contributed by atoms with Gasteiger partial charge in [-0.15, -0.1) is 0 Å². The van der Waals surface area contributed by atoms with E-state index in [1.165, 1.54) is 5.56 Å². The van der Waals surface area contributed by atoms with E-state index >= 15 is 0 Å². The van der Waals surface area contributed by atoms with Crippen LogP contribution in [0.15, 0.2) is 35.3 Å². The van der Waals surface area contributed by atoms with Gasteiger partial charge in [-0.2, -0.15) is 0 Å². The number of hydrogen-bond donors (Lipinski definition) is 1. The van der Waals surface area contributed by atoms with Gasteiger partial charge < -0.3 is 10.5 Å². The first-order valence-electron chi connectivity index (χ1n) is 4.80. The van der Waals surface area contributed by atoms with E-state index in [1.54, 1.807) is 0 Å². The van der Waals surface area contributed by atoms with Gasteiger partial charge >= 0.3 is 0 Å². The van der Waals surface area contributed by atoms with Crippen molar-refractivity contribution in [3.8, 4) is 0 Å². The number of aliphatic imine (C=N–C) groups is 1. The molecule has 0 aromatic heterocycles. The Morgan fingerprint density at radius 2 is 2.14 bits per heavy atom. The molecule has 0 saturated carbocycles. The highest BCUT2D eigenvalue weighted by atomic mass is 16.5. The topological polar surface area (TPSA) is 47.6 Å². The van der Waals surface area contributed by atoms with Gasteiger partial charge in [-0.3, -0.25) is 0 Å². The molecule has 2 rings (SSSR count). The number of nitrogens with two attached hydrogens (primary N) is 1. The molecule has 1 aromatic rings. The van der Waals surface area contributed by atoms with E-state index in [4.69, 9.17) is 10.5 Å². The third-order valence-electron chi connectivity index (χ3n) is 2.68. The fraction of sp³-hybridized carbons (Fsp3) is 0.364. The Bertz CT molecular complexity index is 348. The van der Waals surface area contributed by atoms with Gasteiger partial charge in [0.2, 0.25) is 0 Å². The summed E-state index contributed by atoms with van der Waals surface area (Å²) in [5.41, 5.74) is 6.46. The third kappa shape index (κ3) is 1.35. The average molecular weight is 190 g/mol. The maximum atomic E-state index is 5.55. The van der Waals surface area contributed by atoms with Crippen LogP contribution in [-0.4, -0.2) is 12.6 Å². The van der Waals surface area contributed by atoms with Gasteiger partial charge in [0.05, 0.1) is 0 Å². The molecule has 3 nitrogen and oxygen atoms in total. The summed E-state index contributed by atoms with van der Waals surface area (Å²) in [5.74, 6) is 0. The molecule has 1 aliphatic heterocycles. The molecule has 2 N–H and O–H groups in total. The lowest BCUT2D eigenvalue weighted by Gasteiger charge is -2.22. The summed E-state index contributed by atoms with van der Waals surface area (Å²) >= 11 is 0. The summed E-state index contributed by atoms with van der Waals surface area (Å²) in [6.07, 6.45) is 0.901. The van der Waals surface area contributed by atoms with Crippen LogP contribution < -0.4 is 5.73 Å². The Balaban J connectivity index is 2.40. The zero-order valence-corrected chi connectivity index (χ0v) is 8.23. The van der Waals surface area contributed by atoms with E-state index in [-0.39, 0.29) is 5.54 Å². The number of amidine groups is 1. The zero-order chi connectivity index (χ0) is 10.0. The molecule has 1 heterocycles. The van der Waals surface area contributed by atoms with Crippen molar-refractivity contribution in [2.24, 2.45) is 10.7 Å². The quantitative estimate of drug-likeness (QED) is 0.770. The van der Waals surface area contributed by atoms with Crippen LogP contribution in [0.1, 0.15) is 18.9 Å². The Morgan fingerprint density at radius 3 is 2.64 bits per heavy atom. The predicted molar refractivity (Wildman–Crippen MR) is 56.0 cm³/mol. The lowest BCUT2D eigenvalue weighted by atomic mass is 9.89. The van der Waals surface area contributed by atoms with E-state index in [0.29, 0.717) is 12.6 Å². The summed E-state index contributed by atoms with van der Waals surface area (Å²) in [5, 5.41) is 0. The molecule has 0 spiro atoms. The molecule has 0 amide bonds. The smallest absolute Gasteiger partial charge is 0.283 e. The van der Waals surface area contributed by atoms with Crippen LogP contribution >= 0.6 is 0 Å². The summed E-state index contributed by atoms with van der Waals surface area (Å²) in [7, 11) is 0. The molecule has 0 bridgehead atoms. The highest BCUT2D eigenvalue weighted by molar-refractivity contribution is 5.74. The minimum Gasteiger partial charge on any atom is -0.462 e. The van der Waals surface area contributed by atoms with E-state index in [9.17, 15) is 0 Å². The molecular formula is C11H14N2O. The average Bonchev–Trinajstić information content (AvgIpc) is 2.63. The van der Waals surface area contributed by atoms with Crippen LogP contribution in [-0.2, 0) is 10.3 Å². The number of nitrogens with zero attached hydrogens (tertiary/aromatic N) is 1. The summed E-state index contributed by atoms with van der Waals surface area (Å²) in [4.78, 5) is 4.38. The van der Waals surface area contributed by atoms with E-state index in [1.807, 2.05) is 18.2 Å². The molecule has 3 heteroatoms. The molecule has 1 aromatic carbocycles. The van der Waals surface area contributed by atoms with Crippen molar-refractivity contribution in [3.63, 3.8) is 0 Å². The van der Waals surface area contributed by atoms with Crippen molar-refractivity contribution < 1.29 is 4.74 Å².